The number of aromatic nitrogens is 4. The maximum atomic E-state index is 11.8. The van der Waals surface area contributed by atoms with E-state index in [0.717, 1.165) is 19.3 Å². The van der Waals surface area contributed by atoms with Crippen molar-refractivity contribution in [3.05, 3.63) is 30.2 Å². The van der Waals surface area contributed by atoms with Crippen molar-refractivity contribution >= 4 is 11.9 Å². The summed E-state index contributed by atoms with van der Waals surface area (Å²) in [6, 6.07) is 5.51. The molecule has 0 unspecified atom stereocenters. The summed E-state index contributed by atoms with van der Waals surface area (Å²) >= 11 is 0. The topological polar surface area (TPSA) is 80.7 Å². The number of nitrogens with zero attached hydrogens (tertiary/aromatic N) is 4. The number of aryl methyl sites for hydroxylation is 1. The maximum Gasteiger partial charge on any atom is 0.233 e. The Balaban J connectivity index is 2.10. The van der Waals surface area contributed by atoms with Crippen molar-refractivity contribution in [3.8, 4) is 11.5 Å². The average Bonchev–Trinajstić information content (AvgIpc) is 2.48. The van der Waals surface area contributed by atoms with Crippen molar-refractivity contribution in [2.75, 3.05) is 5.32 Å². The molecule has 2 heterocycles. The van der Waals surface area contributed by atoms with E-state index in [-0.39, 0.29) is 11.9 Å². The van der Waals surface area contributed by atoms with E-state index in [1.165, 1.54) is 0 Å². The SMILES string of the molecule is CCCCCC(=O)Nc1nc(C)nc(-c2ccccn2)n1. The van der Waals surface area contributed by atoms with Gasteiger partial charge in [-0.15, -0.1) is 0 Å². The number of nitrogens with one attached hydrogen (secondary N) is 1. The molecule has 6 heteroatoms. The molecular weight excluding hydrogens is 266 g/mol. The van der Waals surface area contributed by atoms with Gasteiger partial charge in [-0.25, -0.2) is 4.98 Å². The maximum absolute atomic E-state index is 11.8. The molecule has 0 aliphatic heterocycles. The molecule has 2 rings (SSSR count). The van der Waals surface area contributed by atoms with Gasteiger partial charge in [-0.05, 0) is 25.5 Å². The van der Waals surface area contributed by atoms with Crippen LogP contribution in [0.3, 0.4) is 0 Å². The molecule has 0 fully saturated rings. The van der Waals surface area contributed by atoms with Crippen molar-refractivity contribution < 1.29 is 4.79 Å². The third-order valence-electron chi connectivity index (χ3n) is 2.90. The molecule has 0 spiro atoms. The van der Waals surface area contributed by atoms with E-state index < -0.39 is 0 Å². The molecule has 2 aromatic rings. The molecule has 2 aromatic heterocycles. The number of rotatable bonds is 6. The Bertz CT molecular complexity index is 600. The van der Waals surface area contributed by atoms with E-state index >= 15 is 0 Å². The number of pyridine rings is 1. The fourth-order valence-electron chi connectivity index (χ4n) is 1.87. The smallest absolute Gasteiger partial charge is 0.233 e. The molecule has 0 bridgehead atoms. The van der Waals surface area contributed by atoms with Gasteiger partial charge in [-0.2, -0.15) is 9.97 Å². The minimum Gasteiger partial charge on any atom is -0.294 e. The summed E-state index contributed by atoms with van der Waals surface area (Å²) in [6.45, 7) is 3.87. The predicted octanol–water partition coefficient (Wildman–Crippen LogP) is 2.76. The van der Waals surface area contributed by atoms with Gasteiger partial charge in [0.15, 0.2) is 5.82 Å². The van der Waals surface area contributed by atoms with Crippen LogP contribution < -0.4 is 5.32 Å². The van der Waals surface area contributed by atoms with Gasteiger partial charge in [0, 0.05) is 12.6 Å². The minimum atomic E-state index is -0.0685. The van der Waals surface area contributed by atoms with Crippen LogP contribution in [0.2, 0.25) is 0 Å². The Hall–Kier alpha value is -2.37. The highest BCUT2D eigenvalue weighted by Crippen LogP contribution is 2.13. The first-order chi connectivity index (χ1) is 10.2. The molecule has 0 aliphatic carbocycles. The van der Waals surface area contributed by atoms with Crippen LogP contribution in [-0.2, 0) is 4.79 Å². The Labute approximate surface area is 124 Å². The van der Waals surface area contributed by atoms with Gasteiger partial charge in [0.2, 0.25) is 11.9 Å². The standard InChI is InChI=1S/C15H19N5O/c1-3-4-5-9-13(21)19-15-18-11(2)17-14(20-15)12-8-6-7-10-16-12/h6-8,10H,3-5,9H2,1-2H3,(H,17,18,19,20,21). The number of hydrogen-bond donors (Lipinski definition) is 1. The Morgan fingerprint density at radius 2 is 2.05 bits per heavy atom. The fraction of sp³-hybridized carbons (Fsp3) is 0.400. The van der Waals surface area contributed by atoms with E-state index in [9.17, 15) is 4.79 Å². The molecule has 0 saturated heterocycles. The summed E-state index contributed by atoms with van der Waals surface area (Å²) in [4.78, 5) is 28.7. The number of carbonyl (C=O) groups excluding carboxylic acids is 1. The van der Waals surface area contributed by atoms with Crippen LogP contribution in [0.4, 0.5) is 5.95 Å². The lowest BCUT2D eigenvalue weighted by Gasteiger charge is -2.06. The lowest BCUT2D eigenvalue weighted by molar-refractivity contribution is -0.116. The second-order valence-electron chi connectivity index (χ2n) is 4.75. The van der Waals surface area contributed by atoms with Crippen LogP contribution in [-0.4, -0.2) is 25.8 Å². The van der Waals surface area contributed by atoms with E-state index in [0.29, 0.717) is 23.8 Å². The third-order valence-corrected chi connectivity index (χ3v) is 2.90. The third kappa shape index (κ3) is 4.59. The van der Waals surface area contributed by atoms with Crippen molar-refractivity contribution in [3.63, 3.8) is 0 Å². The molecule has 6 nitrogen and oxygen atoms in total. The highest BCUT2D eigenvalue weighted by molar-refractivity contribution is 5.88. The largest absolute Gasteiger partial charge is 0.294 e. The Kier molecular flexibility index (Phi) is 5.31. The normalized spacial score (nSPS) is 10.4. The highest BCUT2D eigenvalue weighted by atomic mass is 16.1. The number of amides is 1. The summed E-state index contributed by atoms with van der Waals surface area (Å²) in [5, 5.41) is 2.72. The number of carbonyl (C=O) groups is 1. The summed E-state index contributed by atoms with van der Waals surface area (Å²) in [6.07, 6.45) is 5.17. The number of anilines is 1. The summed E-state index contributed by atoms with van der Waals surface area (Å²) in [7, 11) is 0. The Morgan fingerprint density at radius 1 is 1.19 bits per heavy atom. The first-order valence-electron chi connectivity index (χ1n) is 7.13. The predicted molar refractivity (Wildman–Crippen MR) is 80.6 cm³/mol. The van der Waals surface area contributed by atoms with Crippen molar-refractivity contribution in [2.24, 2.45) is 0 Å². The molecular formula is C15H19N5O. The first kappa shape index (κ1) is 15.0. The number of unbranched alkanes of at least 4 members (excludes halogenated alkanes) is 2. The number of hydrogen-bond acceptors (Lipinski definition) is 5. The molecule has 1 amide bonds. The van der Waals surface area contributed by atoms with Gasteiger partial charge in [-0.3, -0.25) is 15.1 Å². The van der Waals surface area contributed by atoms with Crippen molar-refractivity contribution in [2.45, 2.75) is 39.5 Å². The second kappa shape index (κ2) is 7.42. The zero-order chi connectivity index (χ0) is 15.1. The molecule has 1 N–H and O–H groups in total. The van der Waals surface area contributed by atoms with Gasteiger partial charge >= 0.3 is 0 Å². The molecule has 0 atom stereocenters. The van der Waals surface area contributed by atoms with Crippen LogP contribution in [0.15, 0.2) is 24.4 Å². The molecule has 21 heavy (non-hydrogen) atoms. The molecule has 0 aromatic carbocycles. The first-order valence-corrected chi connectivity index (χ1v) is 7.13. The average molecular weight is 285 g/mol. The van der Waals surface area contributed by atoms with Crippen LogP contribution in [0, 0.1) is 6.92 Å². The van der Waals surface area contributed by atoms with Crippen LogP contribution in [0.25, 0.3) is 11.5 Å². The lowest BCUT2D eigenvalue weighted by atomic mass is 10.2. The van der Waals surface area contributed by atoms with Gasteiger partial charge in [0.25, 0.3) is 0 Å². The van der Waals surface area contributed by atoms with Gasteiger partial charge < -0.3 is 0 Å². The zero-order valence-electron chi connectivity index (χ0n) is 12.3. The second-order valence-corrected chi connectivity index (χ2v) is 4.75. The summed E-state index contributed by atoms with van der Waals surface area (Å²) in [5.41, 5.74) is 0.657. The van der Waals surface area contributed by atoms with Crippen molar-refractivity contribution in [1.82, 2.24) is 19.9 Å². The monoisotopic (exact) mass is 285 g/mol. The van der Waals surface area contributed by atoms with Crippen LogP contribution >= 0.6 is 0 Å². The van der Waals surface area contributed by atoms with Gasteiger partial charge in [-0.1, -0.05) is 25.8 Å². The molecule has 0 aliphatic rings. The summed E-state index contributed by atoms with van der Waals surface area (Å²) < 4.78 is 0. The highest BCUT2D eigenvalue weighted by Gasteiger charge is 2.09. The fourth-order valence-corrected chi connectivity index (χ4v) is 1.87. The van der Waals surface area contributed by atoms with Gasteiger partial charge in [0.05, 0.1) is 0 Å². The molecule has 0 radical (unpaired) electrons. The van der Waals surface area contributed by atoms with Crippen LogP contribution in [0.5, 0.6) is 0 Å². The van der Waals surface area contributed by atoms with Gasteiger partial charge in [0.1, 0.15) is 11.5 Å². The molecule has 0 saturated carbocycles. The lowest BCUT2D eigenvalue weighted by Crippen LogP contribution is -2.15. The molecule has 110 valence electrons. The van der Waals surface area contributed by atoms with E-state index in [4.69, 9.17) is 0 Å². The zero-order valence-corrected chi connectivity index (χ0v) is 12.3. The van der Waals surface area contributed by atoms with Crippen LogP contribution in [0.1, 0.15) is 38.4 Å². The Morgan fingerprint density at radius 3 is 2.76 bits per heavy atom. The van der Waals surface area contributed by atoms with E-state index in [2.05, 4.69) is 32.2 Å². The van der Waals surface area contributed by atoms with E-state index in [1.54, 1.807) is 13.1 Å². The minimum absolute atomic E-state index is 0.0685. The summed E-state index contributed by atoms with van der Waals surface area (Å²) in [5.74, 6) is 1.23. The van der Waals surface area contributed by atoms with E-state index in [1.807, 2.05) is 18.2 Å². The van der Waals surface area contributed by atoms with Crippen molar-refractivity contribution in [1.29, 1.82) is 0 Å². The quantitative estimate of drug-likeness (QED) is 0.825.